The third-order valence-electron chi connectivity index (χ3n) is 3.93. The summed E-state index contributed by atoms with van der Waals surface area (Å²) in [5.74, 6) is 0.856. The van der Waals surface area contributed by atoms with Crippen LogP contribution < -0.4 is 0 Å². The first-order chi connectivity index (χ1) is 6.52. The van der Waals surface area contributed by atoms with Crippen LogP contribution in [0.3, 0.4) is 0 Å². The summed E-state index contributed by atoms with van der Waals surface area (Å²) >= 11 is 0. The molecule has 82 valence electrons. The van der Waals surface area contributed by atoms with Crippen LogP contribution in [-0.4, -0.2) is 50.6 Å². The Bertz CT molecular complexity index is 304. The molecule has 0 spiro atoms. The third-order valence-corrected chi connectivity index (χ3v) is 5.68. The molecule has 0 saturated carbocycles. The first-order valence-corrected chi connectivity index (χ1v) is 7.39. The molecule has 2 rings (SSSR count). The van der Waals surface area contributed by atoms with Gasteiger partial charge in [0, 0.05) is 6.42 Å². The lowest BCUT2D eigenvalue weighted by Gasteiger charge is -2.42. The van der Waals surface area contributed by atoms with Gasteiger partial charge in [-0.25, -0.2) is 8.42 Å². The van der Waals surface area contributed by atoms with Gasteiger partial charge in [-0.3, -0.25) is 0 Å². The normalized spacial score (nSPS) is 35.6. The van der Waals surface area contributed by atoms with Gasteiger partial charge >= 0.3 is 0 Å². The van der Waals surface area contributed by atoms with Crippen LogP contribution in [0.25, 0.3) is 0 Å². The summed E-state index contributed by atoms with van der Waals surface area (Å²) in [6.07, 6.45) is 4.76. The number of quaternary nitrogens is 1. The second-order valence-corrected chi connectivity index (χ2v) is 7.27. The van der Waals surface area contributed by atoms with Crippen LogP contribution >= 0.6 is 0 Å². The molecule has 14 heavy (non-hydrogen) atoms. The molecule has 2 heterocycles. The molecule has 4 heteroatoms. The molecule has 0 N–H and O–H groups in total. The van der Waals surface area contributed by atoms with E-state index in [9.17, 15) is 8.42 Å². The first-order valence-electron chi connectivity index (χ1n) is 5.57. The number of hydrogen-bond donors (Lipinski definition) is 0. The van der Waals surface area contributed by atoms with E-state index in [0.29, 0.717) is 17.5 Å². The lowest BCUT2D eigenvalue weighted by Crippen LogP contribution is -2.55. The molecule has 0 aliphatic carbocycles. The van der Waals surface area contributed by atoms with E-state index in [-0.39, 0.29) is 0 Å². The van der Waals surface area contributed by atoms with Crippen LogP contribution in [0.2, 0.25) is 0 Å². The molecule has 0 aromatic carbocycles. The van der Waals surface area contributed by atoms with Crippen LogP contribution in [0.15, 0.2) is 0 Å². The Morgan fingerprint density at radius 2 is 1.79 bits per heavy atom. The predicted octanol–water partition coefficient (Wildman–Crippen LogP) is 0.804. The average Bonchev–Trinajstić information content (AvgIpc) is 2.48. The summed E-state index contributed by atoms with van der Waals surface area (Å²) in [5, 5.41) is 0. The molecule has 2 saturated heterocycles. The van der Waals surface area contributed by atoms with E-state index in [1.807, 2.05) is 0 Å². The highest BCUT2D eigenvalue weighted by atomic mass is 32.2. The first kappa shape index (κ1) is 10.4. The number of hydrogen-bond acceptors (Lipinski definition) is 2. The summed E-state index contributed by atoms with van der Waals surface area (Å²) in [6, 6.07) is 0.389. The van der Waals surface area contributed by atoms with Crippen molar-refractivity contribution >= 4 is 9.84 Å². The van der Waals surface area contributed by atoms with Crippen molar-refractivity contribution < 1.29 is 12.9 Å². The molecule has 3 nitrogen and oxygen atoms in total. The van der Waals surface area contributed by atoms with E-state index in [4.69, 9.17) is 0 Å². The maximum absolute atomic E-state index is 11.4. The van der Waals surface area contributed by atoms with Crippen molar-refractivity contribution in [2.75, 3.05) is 31.6 Å². The number of likely N-dealkylation sites (tertiary alicyclic amines) is 1. The zero-order chi connectivity index (χ0) is 10.2. The van der Waals surface area contributed by atoms with Crippen molar-refractivity contribution in [2.45, 2.75) is 31.7 Å². The van der Waals surface area contributed by atoms with Gasteiger partial charge in [0.2, 0.25) is 0 Å². The van der Waals surface area contributed by atoms with Gasteiger partial charge in [0.1, 0.15) is 11.8 Å². The van der Waals surface area contributed by atoms with Crippen molar-refractivity contribution in [1.82, 2.24) is 0 Å². The van der Waals surface area contributed by atoms with E-state index in [1.54, 1.807) is 0 Å². The van der Waals surface area contributed by atoms with Gasteiger partial charge in [-0.2, -0.15) is 0 Å². The number of nitrogens with zero attached hydrogens (tertiary/aromatic N) is 1. The van der Waals surface area contributed by atoms with Crippen LogP contribution in [-0.2, 0) is 9.84 Å². The van der Waals surface area contributed by atoms with Crippen LogP contribution in [0.5, 0.6) is 0 Å². The van der Waals surface area contributed by atoms with Crippen molar-refractivity contribution in [3.63, 3.8) is 0 Å². The number of rotatable bonds is 1. The number of piperidine rings is 1. The van der Waals surface area contributed by atoms with Crippen LogP contribution in [0, 0.1) is 0 Å². The highest BCUT2D eigenvalue weighted by Crippen LogP contribution is 2.27. The predicted molar refractivity (Wildman–Crippen MR) is 56.8 cm³/mol. The molecule has 2 fully saturated rings. The van der Waals surface area contributed by atoms with E-state index >= 15 is 0 Å². The summed E-state index contributed by atoms with van der Waals surface area (Å²) < 4.78 is 23.8. The molecule has 0 aromatic heterocycles. The fraction of sp³-hybridized carbons (Fsp3) is 1.00. The summed E-state index contributed by atoms with van der Waals surface area (Å²) in [5.41, 5.74) is 0. The molecule has 0 radical (unpaired) electrons. The highest BCUT2D eigenvalue weighted by molar-refractivity contribution is 7.91. The van der Waals surface area contributed by atoms with Gasteiger partial charge in [-0.1, -0.05) is 0 Å². The summed E-state index contributed by atoms with van der Waals surface area (Å²) in [6.45, 7) is 2.36. The van der Waals surface area contributed by atoms with Crippen molar-refractivity contribution in [3.8, 4) is 0 Å². The fourth-order valence-electron chi connectivity index (χ4n) is 2.87. The van der Waals surface area contributed by atoms with E-state index in [2.05, 4.69) is 7.05 Å². The van der Waals surface area contributed by atoms with Gasteiger partial charge in [-0.15, -0.1) is 0 Å². The smallest absolute Gasteiger partial charge is 0.156 e. The van der Waals surface area contributed by atoms with E-state index < -0.39 is 9.84 Å². The minimum atomic E-state index is -2.70. The molecule has 0 aromatic rings. The Morgan fingerprint density at radius 3 is 2.29 bits per heavy atom. The van der Waals surface area contributed by atoms with Crippen molar-refractivity contribution in [2.24, 2.45) is 0 Å². The van der Waals surface area contributed by atoms with Crippen LogP contribution in [0.4, 0.5) is 0 Å². The lowest BCUT2D eigenvalue weighted by molar-refractivity contribution is -0.934. The van der Waals surface area contributed by atoms with Gasteiger partial charge in [0.15, 0.2) is 9.84 Å². The molecule has 0 unspecified atom stereocenters. The average molecular weight is 218 g/mol. The SMILES string of the molecule is C[N+]1([C@@H]2CCS(=O)(=O)C2)CCCCC1. The second kappa shape index (κ2) is 3.49. The Morgan fingerprint density at radius 1 is 1.14 bits per heavy atom. The monoisotopic (exact) mass is 218 g/mol. The molecule has 2 aliphatic heterocycles. The van der Waals surface area contributed by atoms with E-state index in [1.165, 1.54) is 32.4 Å². The lowest BCUT2D eigenvalue weighted by atomic mass is 10.0. The fourth-order valence-corrected chi connectivity index (χ4v) is 4.78. The summed E-state index contributed by atoms with van der Waals surface area (Å²) in [7, 11) is -0.458. The Balaban J connectivity index is 2.08. The van der Waals surface area contributed by atoms with Crippen LogP contribution in [0.1, 0.15) is 25.7 Å². The van der Waals surface area contributed by atoms with Gasteiger partial charge in [-0.05, 0) is 19.3 Å². The minimum Gasteiger partial charge on any atom is -0.323 e. The standard InChI is InChI=1S/C10H20NO2S/c1-11(6-3-2-4-7-11)10-5-8-14(12,13)9-10/h10H,2-9H2,1H3/q+1/t10-/m1/s1. The quantitative estimate of drug-likeness (QED) is 0.610. The molecule has 2 aliphatic rings. The van der Waals surface area contributed by atoms with Gasteiger partial charge in [0.05, 0.1) is 25.9 Å². The minimum absolute atomic E-state index is 0.389. The second-order valence-electron chi connectivity index (χ2n) is 5.04. The third kappa shape index (κ3) is 1.96. The van der Waals surface area contributed by atoms with E-state index in [0.717, 1.165) is 10.9 Å². The molecule has 0 amide bonds. The largest absolute Gasteiger partial charge is 0.323 e. The van der Waals surface area contributed by atoms with Gasteiger partial charge < -0.3 is 4.48 Å². The molecule has 1 atom stereocenters. The highest BCUT2D eigenvalue weighted by Gasteiger charge is 2.41. The molecular weight excluding hydrogens is 198 g/mol. The Hall–Kier alpha value is -0.0900. The summed E-state index contributed by atoms with van der Waals surface area (Å²) in [4.78, 5) is 0. The number of sulfone groups is 1. The topological polar surface area (TPSA) is 34.1 Å². The van der Waals surface area contributed by atoms with Crippen molar-refractivity contribution in [3.05, 3.63) is 0 Å². The van der Waals surface area contributed by atoms with Gasteiger partial charge in [0.25, 0.3) is 0 Å². The Labute approximate surface area is 86.6 Å². The zero-order valence-electron chi connectivity index (χ0n) is 8.91. The van der Waals surface area contributed by atoms with Crippen molar-refractivity contribution in [1.29, 1.82) is 0 Å². The molecular formula is C10H20NO2S+. The maximum atomic E-state index is 11.4. The maximum Gasteiger partial charge on any atom is 0.156 e. The zero-order valence-corrected chi connectivity index (χ0v) is 9.72. The molecule has 0 bridgehead atoms. The Kier molecular flexibility index (Phi) is 2.60.